The van der Waals surface area contributed by atoms with E-state index >= 15 is 0 Å². The van der Waals surface area contributed by atoms with Crippen molar-refractivity contribution in [3.63, 3.8) is 0 Å². The third-order valence-corrected chi connectivity index (χ3v) is 6.00. The van der Waals surface area contributed by atoms with E-state index in [2.05, 4.69) is 40.6 Å². The second-order valence-corrected chi connectivity index (χ2v) is 8.20. The lowest BCUT2D eigenvalue weighted by atomic mass is 9.90. The number of carbonyl (C=O) groups is 2. The quantitative estimate of drug-likeness (QED) is 0.598. The van der Waals surface area contributed by atoms with E-state index in [4.69, 9.17) is 0 Å². The maximum atomic E-state index is 12.6. The maximum absolute atomic E-state index is 12.6. The molecule has 0 radical (unpaired) electrons. The molecule has 5 nitrogen and oxygen atoms in total. The van der Waals surface area contributed by atoms with Crippen molar-refractivity contribution >= 4 is 11.7 Å². The molecule has 0 unspecified atom stereocenters. The molecule has 2 aromatic rings. The Morgan fingerprint density at radius 3 is 2.45 bits per heavy atom. The highest BCUT2D eigenvalue weighted by atomic mass is 16.2. The van der Waals surface area contributed by atoms with Crippen molar-refractivity contribution in [2.75, 3.05) is 13.1 Å². The summed E-state index contributed by atoms with van der Waals surface area (Å²) in [7, 11) is 0. The Kier molecular flexibility index (Phi) is 5.99. The molecule has 2 aliphatic heterocycles. The van der Waals surface area contributed by atoms with Crippen LogP contribution in [0.5, 0.6) is 0 Å². The van der Waals surface area contributed by atoms with Crippen LogP contribution in [0.25, 0.3) is 0 Å². The molecule has 4 rings (SSSR count). The van der Waals surface area contributed by atoms with Gasteiger partial charge in [-0.05, 0) is 37.7 Å². The number of nitrogens with one attached hydrogen (secondary N) is 1. The Labute approximate surface area is 182 Å². The standard InChI is InChI=1S/C26H25N3O2/c1-18-7-9-21(10-8-18)24(30)16-22-23(17-27)25(28-26(22)31)29-13-11-20(12-14-29)15-19-5-3-2-4-6-19/h2-10,16,20H,11-15H2,1H3,(H,28,31)/b22-16+. The number of benzene rings is 2. The van der Waals surface area contributed by atoms with Crippen LogP contribution in [0, 0.1) is 24.2 Å². The first-order valence-corrected chi connectivity index (χ1v) is 10.6. The van der Waals surface area contributed by atoms with Gasteiger partial charge in [-0.3, -0.25) is 9.59 Å². The zero-order valence-corrected chi connectivity index (χ0v) is 17.6. The minimum absolute atomic E-state index is 0.148. The van der Waals surface area contributed by atoms with Crippen molar-refractivity contribution in [3.8, 4) is 6.07 Å². The summed E-state index contributed by atoms with van der Waals surface area (Å²) in [6, 6.07) is 19.8. The van der Waals surface area contributed by atoms with E-state index < -0.39 is 5.91 Å². The molecule has 0 aliphatic carbocycles. The Morgan fingerprint density at radius 2 is 1.81 bits per heavy atom. The summed E-state index contributed by atoms with van der Waals surface area (Å²) >= 11 is 0. The Bertz CT molecular complexity index is 1080. The summed E-state index contributed by atoms with van der Waals surface area (Å²) in [5.74, 6) is 0.452. The lowest BCUT2D eigenvalue weighted by Gasteiger charge is -2.34. The highest BCUT2D eigenvalue weighted by Gasteiger charge is 2.33. The Morgan fingerprint density at radius 1 is 1.13 bits per heavy atom. The van der Waals surface area contributed by atoms with Gasteiger partial charge in [0.15, 0.2) is 5.78 Å². The smallest absolute Gasteiger partial charge is 0.258 e. The number of rotatable bonds is 5. The highest BCUT2D eigenvalue weighted by Crippen LogP contribution is 2.29. The normalized spacial score (nSPS) is 18.3. The average molecular weight is 412 g/mol. The fourth-order valence-corrected chi connectivity index (χ4v) is 4.21. The molecular weight excluding hydrogens is 386 g/mol. The molecule has 1 amide bonds. The van der Waals surface area contributed by atoms with Crippen molar-refractivity contribution in [3.05, 3.63) is 94.3 Å². The summed E-state index contributed by atoms with van der Waals surface area (Å²) in [5.41, 5.74) is 3.30. The minimum Gasteiger partial charge on any atom is -0.357 e. The molecule has 2 aliphatic rings. The van der Waals surface area contributed by atoms with Crippen LogP contribution in [0.1, 0.15) is 34.3 Å². The fraction of sp³-hybridized carbons (Fsp3) is 0.269. The van der Waals surface area contributed by atoms with Gasteiger partial charge in [0.1, 0.15) is 17.5 Å². The minimum atomic E-state index is -0.390. The molecule has 1 N–H and O–H groups in total. The summed E-state index contributed by atoms with van der Waals surface area (Å²) in [6.45, 7) is 3.50. The Balaban J connectivity index is 1.48. The predicted molar refractivity (Wildman–Crippen MR) is 119 cm³/mol. The number of nitriles is 1. The van der Waals surface area contributed by atoms with E-state index in [9.17, 15) is 14.9 Å². The molecule has 0 spiro atoms. The zero-order valence-electron chi connectivity index (χ0n) is 17.6. The summed E-state index contributed by atoms with van der Waals surface area (Å²) in [4.78, 5) is 27.3. The molecule has 0 bridgehead atoms. The van der Waals surface area contributed by atoms with Gasteiger partial charge in [0.2, 0.25) is 0 Å². The van der Waals surface area contributed by atoms with Crippen molar-refractivity contribution in [1.82, 2.24) is 10.2 Å². The van der Waals surface area contributed by atoms with Crippen LogP contribution in [0.2, 0.25) is 0 Å². The highest BCUT2D eigenvalue weighted by molar-refractivity contribution is 6.13. The van der Waals surface area contributed by atoms with Crippen molar-refractivity contribution in [1.29, 1.82) is 5.26 Å². The number of likely N-dealkylation sites (tertiary alicyclic amines) is 1. The van der Waals surface area contributed by atoms with Crippen molar-refractivity contribution in [2.24, 2.45) is 5.92 Å². The summed E-state index contributed by atoms with van der Waals surface area (Å²) < 4.78 is 0. The van der Waals surface area contributed by atoms with Crippen LogP contribution in [-0.4, -0.2) is 29.7 Å². The van der Waals surface area contributed by atoms with E-state index in [1.165, 1.54) is 11.6 Å². The lowest BCUT2D eigenvalue weighted by Crippen LogP contribution is -2.38. The monoisotopic (exact) mass is 411 g/mol. The summed E-state index contributed by atoms with van der Waals surface area (Å²) in [5, 5.41) is 12.6. The first-order chi connectivity index (χ1) is 15.0. The molecule has 5 heteroatoms. The number of aryl methyl sites for hydroxylation is 1. The van der Waals surface area contributed by atoms with Crippen molar-refractivity contribution in [2.45, 2.75) is 26.2 Å². The number of hydrogen-bond donors (Lipinski definition) is 1. The number of hydrogen-bond acceptors (Lipinski definition) is 4. The van der Waals surface area contributed by atoms with Crippen LogP contribution < -0.4 is 5.32 Å². The van der Waals surface area contributed by atoms with Crippen LogP contribution in [-0.2, 0) is 11.2 Å². The number of nitrogens with zero attached hydrogens (tertiary/aromatic N) is 2. The van der Waals surface area contributed by atoms with Crippen LogP contribution >= 0.6 is 0 Å². The first-order valence-electron chi connectivity index (χ1n) is 10.6. The van der Waals surface area contributed by atoms with Gasteiger partial charge in [-0.25, -0.2) is 0 Å². The van der Waals surface area contributed by atoms with Gasteiger partial charge in [0.05, 0.1) is 5.57 Å². The molecule has 31 heavy (non-hydrogen) atoms. The topological polar surface area (TPSA) is 73.2 Å². The largest absolute Gasteiger partial charge is 0.357 e. The van der Waals surface area contributed by atoms with E-state index in [0.717, 1.165) is 37.9 Å². The molecular formula is C26H25N3O2. The van der Waals surface area contributed by atoms with Gasteiger partial charge in [0.25, 0.3) is 5.91 Å². The average Bonchev–Trinajstić information content (AvgIpc) is 3.10. The van der Waals surface area contributed by atoms with Gasteiger partial charge in [-0.2, -0.15) is 5.26 Å². The van der Waals surface area contributed by atoms with Gasteiger partial charge >= 0.3 is 0 Å². The molecule has 0 aromatic heterocycles. The van der Waals surface area contributed by atoms with Crippen LogP contribution in [0.3, 0.4) is 0 Å². The molecule has 1 saturated heterocycles. The van der Waals surface area contributed by atoms with Gasteiger partial charge in [0, 0.05) is 24.7 Å². The first kappa shape index (κ1) is 20.6. The van der Waals surface area contributed by atoms with Crippen molar-refractivity contribution < 1.29 is 9.59 Å². The molecule has 0 atom stereocenters. The zero-order chi connectivity index (χ0) is 21.8. The molecule has 1 fully saturated rings. The lowest BCUT2D eigenvalue weighted by molar-refractivity contribution is -0.116. The molecule has 0 saturated carbocycles. The van der Waals surface area contributed by atoms with E-state index in [1.807, 2.05) is 25.1 Å². The fourth-order valence-electron chi connectivity index (χ4n) is 4.21. The number of piperidine rings is 1. The molecule has 2 heterocycles. The van der Waals surface area contributed by atoms with Gasteiger partial charge < -0.3 is 10.2 Å². The number of ketones is 1. The van der Waals surface area contributed by atoms with Crippen LogP contribution in [0.4, 0.5) is 0 Å². The number of allylic oxidation sites excluding steroid dienone is 1. The predicted octanol–water partition coefficient (Wildman–Crippen LogP) is 3.92. The maximum Gasteiger partial charge on any atom is 0.258 e. The third kappa shape index (κ3) is 4.59. The molecule has 156 valence electrons. The second-order valence-electron chi connectivity index (χ2n) is 8.20. The van der Waals surface area contributed by atoms with Gasteiger partial charge in [-0.1, -0.05) is 60.2 Å². The number of amides is 1. The van der Waals surface area contributed by atoms with E-state index in [0.29, 0.717) is 17.3 Å². The third-order valence-electron chi connectivity index (χ3n) is 6.00. The molecule has 2 aromatic carbocycles. The van der Waals surface area contributed by atoms with E-state index in [1.54, 1.807) is 12.1 Å². The second kappa shape index (κ2) is 9.01. The Hall–Kier alpha value is -3.65. The number of carbonyl (C=O) groups excluding carboxylic acids is 2. The van der Waals surface area contributed by atoms with Gasteiger partial charge in [-0.15, -0.1) is 0 Å². The van der Waals surface area contributed by atoms with Crippen LogP contribution in [0.15, 0.2) is 77.6 Å². The summed E-state index contributed by atoms with van der Waals surface area (Å²) in [6.07, 6.45) is 4.32. The van der Waals surface area contributed by atoms with E-state index in [-0.39, 0.29) is 16.9 Å². The SMILES string of the molecule is Cc1ccc(C(=O)/C=C2/C(=O)NC(N3CCC(Cc4ccccc4)CC3)=C2C#N)cc1.